The second-order valence-electron chi connectivity index (χ2n) is 6.20. The lowest BCUT2D eigenvalue weighted by Gasteiger charge is -2.13. The molecule has 1 unspecified atom stereocenters. The second kappa shape index (κ2) is 7.73. The van der Waals surface area contributed by atoms with Crippen molar-refractivity contribution in [3.8, 4) is 0 Å². The Bertz CT molecular complexity index is 1190. The number of nitrogens with zero attached hydrogens (tertiary/aromatic N) is 3. The largest absolute Gasteiger partial charge is 0.354 e. The highest BCUT2D eigenvalue weighted by molar-refractivity contribution is 7.90. The normalized spacial score (nSPS) is 19.3. The van der Waals surface area contributed by atoms with Crippen molar-refractivity contribution in [2.24, 2.45) is 5.92 Å². The first kappa shape index (κ1) is 17.4. The number of alkyl halides is 2. The minimum atomic E-state index is -3.71. The maximum atomic E-state index is 12.4. The molecule has 0 radical (unpaired) electrons. The smallest absolute Gasteiger partial charge is 0.273 e. The maximum absolute atomic E-state index is 12.4. The fraction of sp³-hybridized carbons (Fsp3) is 0.312. The Morgan fingerprint density at radius 2 is 2.07 bits per heavy atom. The molecule has 0 aliphatic heterocycles. The van der Waals surface area contributed by atoms with E-state index in [0.29, 0.717) is 0 Å². The molecule has 13 heteroatoms. The fourth-order valence-corrected chi connectivity index (χ4v) is 3.68. The minimum absolute atomic E-state index is 0.115. The van der Waals surface area contributed by atoms with Crippen LogP contribution in [0.15, 0.2) is 29.3 Å². The molecule has 1 aliphatic rings. The first-order valence-electron chi connectivity index (χ1n) is 9.48. The van der Waals surface area contributed by atoms with Gasteiger partial charge in [0.15, 0.2) is 21.3 Å². The van der Waals surface area contributed by atoms with Gasteiger partial charge in [0, 0.05) is 29.6 Å². The zero-order chi connectivity index (χ0) is 23.9. The standard InChI is InChI=1S/C16H16Cl2N6O4S/c1-19-15(26)12-9(21-13-10(29(2,27)28)4-3-5-20-13)6-11(23-24-12)22-14(25)8-7-16(8,17)18/h3-6,8H,7H2,1-2H3,(H,19,26)(H2,20,21,22,23,25)/i1D3. The lowest BCUT2D eigenvalue weighted by Crippen LogP contribution is -2.23. The van der Waals surface area contributed by atoms with Crippen molar-refractivity contribution in [2.45, 2.75) is 15.6 Å². The van der Waals surface area contributed by atoms with Gasteiger partial charge >= 0.3 is 0 Å². The molecule has 10 nitrogen and oxygen atoms in total. The molecule has 2 aromatic heterocycles. The Morgan fingerprint density at radius 3 is 2.69 bits per heavy atom. The first-order valence-corrected chi connectivity index (χ1v) is 10.6. The van der Waals surface area contributed by atoms with Crippen LogP contribution >= 0.6 is 23.2 Å². The lowest BCUT2D eigenvalue weighted by atomic mass is 10.2. The van der Waals surface area contributed by atoms with Gasteiger partial charge in [0.25, 0.3) is 5.91 Å². The van der Waals surface area contributed by atoms with Crippen LogP contribution in [0.4, 0.5) is 17.3 Å². The second-order valence-corrected chi connectivity index (χ2v) is 9.73. The van der Waals surface area contributed by atoms with Gasteiger partial charge in [-0.1, -0.05) is 0 Å². The number of anilines is 3. The van der Waals surface area contributed by atoms with Crippen LogP contribution in [0.25, 0.3) is 0 Å². The molecule has 0 bridgehead atoms. The summed E-state index contributed by atoms with van der Waals surface area (Å²) in [5, 5.41) is 14.3. The third kappa shape index (κ3) is 4.74. The van der Waals surface area contributed by atoms with Crippen molar-refractivity contribution < 1.29 is 22.1 Å². The number of aromatic nitrogens is 3. The molecular weight excluding hydrogens is 443 g/mol. The number of carbonyl (C=O) groups excluding carboxylic acids is 2. The van der Waals surface area contributed by atoms with Crippen molar-refractivity contribution in [3.05, 3.63) is 30.1 Å². The van der Waals surface area contributed by atoms with Crippen LogP contribution in [0.2, 0.25) is 0 Å². The zero-order valence-electron chi connectivity index (χ0n) is 17.7. The predicted molar refractivity (Wildman–Crippen MR) is 107 cm³/mol. The molecule has 3 N–H and O–H groups in total. The average molecular weight is 462 g/mol. The fourth-order valence-electron chi connectivity index (χ4n) is 2.40. The van der Waals surface area contributed by atoms with Crippen molar-refractivity contribution in [3.63, 3.8) is 0 Å². The van der Waals surface area contributed by atoms with Crippen molar-refractivity contribution >= 4 is 62.2 Å². The Labute approximate surface area is 180 Å². The molecule has 1 atom stereocenters. The van der Waals surface area contributed by atoms with Gasteiger partial charge in [-0.25, -0.2) is 13.4 Å². The van der Waals surface area contributed by atoms with Crippen LogP contribution in [0.3, 0.4) is 0 Å². The third-order valence-electron chi connectivity index (χ3n) is 3.94. The van der Waals surface area contributed by atoms with E-state index >= 15 is 0 Å². The van der Waals surface area contributed by atoms with E-state index in [1.54, 1.807) is 5.32 Å². The first-order chi connectivity index (χ1) is 14.7. The predicted octanol–water partition coefficient (Wildman–Crippen LogP) is 1.51. The molecule has 0 spiro atoms. The van der Waals surface area contributed by atoms with Crippen LogP contribution in [0, 0.1) is 5.92 Å². The number of rotatable bonds is 6. The number of hydrogen-bond acceptors (Lipinski definition) is 8. The van der Waals surface area contributed by atoms with Gasteiger partial charge in [-0.15, -0.1) is 33.4 Å². The summed E-state index contributed by atoms with van der Waals surface area (Å²) in [5.41, 5.74) is -0.626. The van der Waals surface area contributed by atoms with Crippen LogP contribution in [0.1, 0.15) is 21.0 Å². The van der Waals surface area contributed by atoms with E-state index in [1.807, 2.05) is 0 Å². The van der Waals surface area contributed by atoms with Crippen LogP contribution in [-0.2, 0) is 14.6 Å². The molecule has 154 valence electrons. The molecule has 0 saturated heterocycles. The number of nitrogens with one attached hydrogen (secondary N) is 3. The van der Waals surface area contributed by atoms with Crippen LogP contribution in [-0.4, -0.2) is 53.0 Å². The minimum Gasteiger partial charge on any atom is -0.354 e. The number of halogens is 2. The summed E-state index contributed by atoms with van der Waals surface area (Å²) >= 11 is 11.8. The summed E-state index contributed by atoms with van der Waals surface area (Å²) in [4.78, 5) is 28.4. The van der Waals surface area contributed by atoms with E-state index in [0.717, 1.165) is 6.26 Å². The molecule has 2 heterocycles. The van der Waals surface area contributed by atoms with E-state index < -0.39 is 44.6 Å². The molecule has 1 fully saturated rings. The topological polar surface area (TPSA) is 143 Å². The summed E-state index contributed by atoms with van der Waals surface area (Å²) < 4.78 is 44.6. The van der Waals surface area contributed by atoms with Gasteiger partial charge in [0.05, 0.1) is 11.6 Å². The van der Waals surface area contributed by atoms with Gasteiger partial charge in [0.1, 0.15) is 15.0 Å². The quantitative estimate of drug-likeness (QED) is 0.549. The highest BCUT2D eigenvalue weighted by Crippen LogP contribution is 2.53. The number of carbonyl (C=O) groups is 2. The molecule has 1 aliphatic carbocycles. The Kier molecular flexibility index (Phi) is 4.63. The Morgan fingerprint density at radius 1 is 1.34 bits per heavy atom. The summed E-state index contributed by atoms with van der Waals surface area (Å²) in [6, 6.07) is 3.87. The molecule has 0 aromatic carbocycles. The highest BCUT2D eigenvalue weighted by atomic mass is 35.5. The maximum Gasteiger partial charge on any atom is 0.273 e. The monoisotopic (exact) mass is 461 g/mol. The summed E-state index contributed by atoms with van der Waals surface area (Å²) in [6.45, 7) is -2.82. The SMILES string of the molecule is [2H]C([2H])([2H])NC(=O)c1nnc(NC(=O)C2CC2(Cl)Cl)cc1Nc1ncccc1S(C)(=O)=O. The Hall–Kier alpha value is -2.50. The average Bonchev–Trinajstić information content (AvgIpc) is 3.28. The molecule has 2 amide bonds. The van der Waals surface area contributed by atoms with Gasteiger partial charge in [-0.3, -0.25) is 9.59 Å². The third-order valence-corrected chi connectivity index (χ3v) is 5.90. The zero-order valence-corrected chi connectivity index (χ0v) is 17.1. The van der Waals surface area contributed by atoms with Crippen molar-refractivity contribution in [2.75, 3.05) is 23.9 Å². The summed E-state index contributed by atoms with van der Waals surface area (Å²) in [5.74, 6) is -2.58. The van der Waals surface area contributed by atoms with Crippen LogP contribution in [0.5, 0.6) is 0 Å². The van der Waals surface area contributed by atoms with Gasteiger partial charge < -0.3 is 16.0 Å². The number of pyridine rings is 1. The summed E-state index contributed by atoms with van der Waals surface area (Å²) in [6.07, 6.45) is 2.52. The molecular formula is C16H16Cl2N6O4S. The number of sulfone groups is 1. The van der Waals surface area contributed by atoms with E-state index in [9.17, 15) is 18.0 Å². The van der Waals surface area contributed by atoms with E-state index in [2.05, 4.69) is 25.8 Å². The number of amides is 2. The summed E-state index contributed by atoms with van der Waals surface area (Å²) in [7, 11) is -3.71. The van der Waals surface area contributed by atoms with Gasteiger partial charge in [-0.05, 0) is 18.6 Å². The van der Waals surface area contributed by atoms with Gasteiger partial charge in [-0.2, -0.15) is 0 Å². The molecule has 29 heavy (non-hydrogen) atoms. The highest BCUT2D eigenvalue weighted by Gasteiger charge is 2.56. The van der Waals surface area contributed by atoms with E-state index in [1.165, 1.54) is 24.4 Å². The Balaban J connectivity index is 1.99. The molecule has 2 aromatic rings. The van der Waals surface area contributed by atoms with E-state index in [-0.39, 0.29) is 28.6 Å². The number of hydrogen-bond donors (Lipinski definition) is 3. The van der Waals surface area contributed by atoms with Crippen molar-refractivity contribution in [1.82, 2.24) is 20.5 Å². The lowest BCUT2D eigenvalue weighted by molar-refractivity contribution is -0.117. The van der Waals surface area contributed by atoms with Gasteiger partial charge in [0.2, 0.25) is 5.91 Å². The molecule has 3 rings (SSSR count). The van der Waals surface area contributed by atoms with E-state index in [4.69, 9.17) is 27.3 Å². The van der Waals surface area contributed by atoms with Crippen molar-refractivity contribution in [1.29, 1.82) is 0 Å². The molecule has 1 saturated carbocycles. The van der Waals surface area contributed by atoms with Crippen LogP contribution < -0.4 is 16.0 Å².